The number of fused-ring (bicyclic) bond motifs is 1. The van der Waals surface area contributed by atoms with E-state index in [2.05, 4.69) is 5.32 Å². The molecule has 6 heteroatoms. The maximum atomic E-state index is 12.2. The maximum Gasteiger partial charge on any atom is 0.226 e. The summed E-state index contributed by atoms with van der Waals surface area (Å²) in [6.07, 6.45) is 4.72. The topological polar surface area (TPSA) is 67.9 Å². The van der Waals surface area contributed by atoms with Crippen LogP contribution in [0.15, 0.2) is 18.2 Å². The zero-order valence-electron chi connectivity index (χ0n) is 14.0. The molecule has 1 heterocycles. The number of hydrogen-bond acceptors (Lipinski definition) is 4. The highest BCUT2D eigenvalue weighted by atomic mass is 16.6. The number of amides is 2. The Hall–Kier alpha value is -2.24. The third-order valence-corrected chi connectivity index (χ3v) is 4.58. The van der Waals surface area contributed by atoms with Gasteiger partial charge < -0.3 is 19.7 Å². The number of anilines is 1. The predicted molar refractivity (Wildman–Crippen MR) is 90.3 cm³/mol. The lowest BCUT2D eigenvalue weighted by Gasteiger charge is -2.27. The molecule has 2 amide bonds. The van der Waals surface area contributed by atoms with Gasteiger partial charge in [0.05, 0.1) is 0 Å². The van der Waals surface area contributed by atoms with E-state index in [9.17, 15) is 9.59 Å². The van der Waals surface area contributed by atoms with E-state index in [-0.39, 0.29) is 11.8 Å². The van der Waals surface area contributed by atoms with Gasteiger partial charge in [-0.15, -0.1) is 0 Å². The molecule has 3 rings (SSSR count). The number of hydrogen-bond donors (Lipinski definition) is 1. The van der Waals surface area contributed by atoms with Gasteiger partial charge in [0.25, 0.3) is 0 Å². The highest BCUT2D eigenvalue weighted by Gasteiger charge is 2.24. The lowest BCUT2D eigenvalue weighted by molar-refractivity contribution is -0.131. The van der Waals surface area contributed by atoms with Crippen LogP contribution in [-0.2, 0) is 9.59 Å². The van der Waals surface area contributed by atoms with Crippen molar-refractivity contribution in [2.24, 2.45) is 0 Å². The van der Waals surface area contributed by atoms with Crippen LogP contribution in [0.5, 0.6) is 11.5 Å². The number of carbonyl (C=O) groups excluding carboxylic acids is 2. The van der Waals surface area contributed by atoms with Crippen molar-refractivity contribution >= 4 is 17.5 Å². The smallest absolute Gasteiger partial charge is 0.226 e. The normalized spacial score (nSPS) is 16.7. The van der Waals surface area contributed by atoms with Crippen molar-refractivity contribution in [3.63, 3.8) is 0 Å². The van der Waals surface area contributed by atoms with Crippen LogP contribution in [-0.4, -0.2) is 42.5 Å². The second kappa shape index (κ2) is 7.55. The third kappa shape index (κ3) is 3.99. The fourth-order valence-electron chi connectivity index (χ4n) is 3.38. The van der Waals surface area contributed by atoms with E-state index < -0.39 is 0 Å². The quantitative estimate of drug-likeness (QED) is 0.900. The van der Waals surface area contributed by atoms with E-state index in [0.717, 1.165) is 25.7 Å². The molecule has 0 radical (unpaired) electrons. The summed E-state index contributed by atoms with van der Waals surface area (Å²) in [6, 6.07) is 5.66. The van der Waals surface area contributed by atoms with Crippen LogP contribution in [0.3, 0.4) is 0 Å². The average molecular weight is 332 g/mol. The van der Waals surface area contributed by atoms with Crippen LogP contribution < -0.4 is 14.8 Å². The third-order valence-electron chi connectivity index (χ3n) is 4.58. The second-order valence-electron chi connectivity index (χ2n) is 6.31. The van der Waals surface area contributed by atoms with E-state index >= 15 is 0 Å². The monoisotopic (exact) mass is 332 g/mol. The molecule has 1 aliphatic heterocycles. The van der Waals surface area contributed by atoms with Gasteiger partial charge in [-0.25, -0.2) is 0 Å². The standard InChI is InChI=1S/C18H24N2O4/c1-13(21)20(15-4-2-3-5-15)9-8-18(22)19-14-6-7-16-17(12-14)24-11-10-23-16/h6-7,12,15H,2-5,8-11H2,1H3,(H,19,22). The Kier molecular flexibility index (Phi) is 5.23. The van der Waals surface area contributed by atoms with Crippen molar-refractivity contribution in [3.8, 4) is 11.5 Å². The first-order valence-corrected chi connectivity index (χ1v) is 8.60. The summed E-state index contributed by atoms with van der Waals surface area (Å²) in [6.45, 7) is 3.10. The maximum absolute atomic E-state index is 12.2. The number of ether oxygens (including phenoxy) is 2. The zero-order valence-corrected chi connectivity index (χ0v) is 14.0. The van der Waals surface area contributed by atoms with Gasteiger partial charge >= 0.3 is 0 Å². The molecule has 0 saturated heterocycles. The number of benzene rings is 1. The molecule has 0 spiro atoms. The van der Waals surface area contributed by atoms with E-state index in [4.69, 9.17) is 9.47 Å². The summed E-state index contributed by atoms with van der Waals surface area (Å²) in [4.78, 5) is 25.9. The Morgan fingerprint density at radius 1 is 1.17 bits per heavy atom. The van der Waals surface area contributed by atoms with Gasteiger partial charge in [-0.05, 0) is 25.0 Å². The van der Waals surface area contributed by atoms with Crippen molar-refractivity contribution in [2.75, 3.05) is 25.1 Å². The molecule has 1 aromatic rings. The molecule has 0 atom stereocenters. The SMILES string of the molecule is CC(=O)N(CCC(=O)Nc1ccc2c(c1)OCCO2)C1CCCC1. The molecule has 2 aliphatic rings. The average Bonchev–Trinajstić information content (AvgIpc) is 3.09. The highest BCUT2D eigenvalue weighted by Crippen LogP contribution is 2.32. The first-order valence-electron chi connectivity index (χ1n) is 8.60. The van der Waals surface area contributed by atoms with Gasteiger partial charge in [-0.2, -0.15) is 0 Å². The number of rotatable bonds is 5. The van der Waals surface area contributed by atoms with Crippen LogP contribution in [0, 0.1) is 0 Å². The summed E-state index contributed by atoms with van der Waals surface area (Å²) >= 11 is 0. The summed E-state index contributed by atoms with van der Waals surface area (Å²) < 4.78 is 11.0. The Morgan fingerprint density at radius 2 is 1.88 bits per heavy atom. The number of nitrogens with zero attached hydrogens (tertiary/aromatic N) is 1. The number of carbonyl (C=O) groups is 2. The number of nitrogens with one attached hydrogen (secondary N) is 1. The molecular weight excluding hydrogens is 308 g/mol. The largest absolute Gasteiger partial charge is 0.486 e. The minimum absolute atomic E-state index is 0.0500. The van der Waals surface area contributed by atoms with E-state index in [1.807, 2.05) is 4.90 Å². The first kappa shape index (κ1) is 16.6. The molecule has 130 valence electrons. The van der Waals surface area contributed by atoms with Crippen molar-refractivity contribution in [3.05, 3.63) is 18.2 Å². The van der Waals surface area contributed by atoms with Crippen molar-refractivity contribution in [2.45, 2.75) is 45.1 Å². The first-order chi connectivity index (χ1) is 11.6. The van der Waals surface area contributed by atoms with Gasteiger partial charge in [0.1, 0.15) is 13.2 Å². The van der Waals surface area contributed by atoms with E-state index in [0.29, 0.717) is 49.4 Å². The molecule has 1 saturated carbocycles. The lowest BCUT2D eigenvalue weighted by Crippen LogP contribution is -2.39. The van der Waals surface area contributed by atoms with Gasteiger partial charge in [0.2, 0.25) is 11.8 Å². The van der Waals surface area contributed by atoms with E-state index in [1.54, 1.807) is 25.1 Å². The molecule has 1 fully saturated rings. The molecule has 24 heavy (non-hydrogen) atoms. The summed E-state index contributed by atoms with van der Waals surface area (Å²) in [5.74, 6) is 1.29. The van der Waals surface area contributed by atoms with E-state index in [1.165, 1.54) is 0 Å². The molecule has 1 N–H and O–H groups in total. The van der Waals surface area contributed by atoms with Crippen LogP contribution in [0.4, 0.5) is 5.69 Å². The Bertz CT molecular complexity index is 611. The van der Waals surface area contributed by atoms with Gasteiger partial charge in [-0.3, -0.25) is 9.59 Å². The zero-order chi connectivity index (χ0) is 16.9. The molecular formula is C18H24N2O4. The van der Waals surface area contributed by atoms with Crippen LogP contribution >= 0.6 is 0 Å². The Morgan fingerprint density at radius 3 is 2.58 bits per heavy atom. The molecule has 0 bridgehead atoms. The van der Waals surface area contributed by atoms with Crippen LogP contribution in [0.25, 0.3) is 0 Å². The molecule has 1 aliphatic carbocycles. The summed E-state index contributed by atoms with van der Waals surface area (Å²) in [5, 5.41) is 2.86. The van der Waals surface area contributed by atoms with Gasteiger partial charge in [0.15, 0.2) is 11.5 Å². The lowest BCUT2D eigenvalue weighted by atomic mass is 10.2. The Labute approximate surface area is 142 Å². The summed E-state index contributed by atoms with van der Waals surface area (Å²) in [7, 11) is 0. The van der Waals surface area contributed by atoms with Crippen LogP contribution in [0.2, 0.25) is 0 Å². The minimum atomic E-state index is -0.101. The van der Waals surface area contributed by atoms with Gasteiger partial charge in [0, 0.05) is 37.7 Å². The van der Waals surface area contributed by atoms with Crippen molar-refractivity contribution in [1.82, 2.24) is 4.90 Å². The molecule has 0 aromatic heterocycles. The molecule has 0 unspecified atom stereocenters. The predicted octanol–water partition coefficient (Wildman–Crippen LogP) is 2.58. The van der Waals surface area contributed by atoms with Gasteiger partial charge in [-0.1, -0.05) is 12.8 Å². The second-order valence-corrected chi connectivity index (χ2v) is 6.31. The minimum Gasteiger partial charge on any atom is -0.486 e. The summed E-state index contributed by atoms with van der Waals surface area (Å²) in [5.41, 5.74) is 0.680. The fraction of sp³-hybridized carbons (Fsp3) is 0.556. The molecule has 6 nitrogen and oxygen atoms in total. The van der Waals surface area contributed by atoms with Crippen molar-refractivity contribution in [1.29, 1.82) is 0 Å². The molecule has 1 aromatic carbocycles. The van der Waals surface area contributed by atoms with Crippen molar-refractivity contribution < 1.29 is 19.1 Å². The Balaban J connectivity index is 1.54. The highest BCUT2D eigenvalue weighted by molar-refractivity contribution is 5.91. The van der Waals surface area contributed by atoms with Crippen LogP contribution in [0.1, 0.15) is 39.0 Å². The fourth-order valence-corrected chi connectivity index (χ4v) is 3.38.